The molecule has 240 valence electrons. The van der Waals surface area contributed by atoms with Crippen molar-refractivity contribution in [3.63, 3.8) is 0 Å². The van der Waals surface area contributed by atoms with E-state index >= 15 is 0 Å². The van der Waals surface area contributed by atoms with Gasteiger partial charge in [0.2, 0.25) is 0 Å². The fraction of sp³-hybridized carbons (Fsp3) is 0. The number of para-hydroxylation sites is 1. The molecular formula is C42H27N9. The van der Waals surface area contributed by atoms with Crippen molar-refractivity contribution in [1.29, 1.82) is 0 Å². The summed E-state index contributed by atoms with van der Waals surface area (Å²) in [6.45, 7) is 0. The van der Waals surface area contributed by atoms with Crippen LogP contribution in [0.1, 0.15) is 0 Å². The Morgan fingerprint density at radius 3 is 1.06 bits per heavy atom. The number of hydrogen-bond acceptors (Lipinski definition) is 8. The second-order valence-electron chi connectivity index (χ2n) is 11.7. The van der Waals surface area contributed by atoms with E-state index in [-0.39, 0.29) is 0 Å². The van der Waals surface area contributed by atoms with Crippen molar-refractivity contribution in [2.75, 3.05) is 0 Å². The number of fused-ring (bicyclic) bond motifs is 1. The summed E-state index contributed by atoms with van der Waals surface area (Å²) < 4.78 is 0. The van der Waals surface area contributed by atoms with E-state index in [4.69, 9.17) is 30.1 Å². The van der Waals surface area contributed by atoms with Crippen molar-refractivity contribution in [3.8, 4) is 73.8 Å². The highest BCUT2D eigenvalue weighted by Gasteiger charge is 2.19. The lowest BCUT2D eigenvalue weighted by molar-refractivity contribution is 0.766. The topological polar surface area (TPSA) is 108 Å². The number of rotatable bonds is 7. The molecule has 0 saturated carbocycles. The Morgan fingerprint density at radius 2 is 0.647 bits per heavy atom. The third kappa shape index (κ3) is 5.89. The van der Waals surface area contributed by atoms with Gasteiger partial charge in [0.15, 0.2) is 0 Å². The molecule has 7 aromatic heterocycles. The Kier molecular flexibility index (Phi) is 7.60. The van der Waals surface area contributed by atoms with Crippen LogP contribution in [-0.4, -0.2) is 44.9 Å². The van der Waals surface area contributed by atoms with E-state index in [9.17, 15) is 0 Å². The molecule has 0 spiro atoms. The molecule has 9 aromatic rings. The minimum absolute atomic E-state index is 0.707. The fourth-order valence-corrected chi connectivity index (χ4v) is 6.01. The average molecular weight is 658 g/mol. The molecule has 0 N–H and O–H groups in total. The van der Waals surface area contributed by atoms with Crippen LogP contribution in [0.5, 0.6) is 0 Å². The Morgan fingerprint density at radius 1 is 0.294 bits per heavy atom. The summed E-state index contributed by atoms with van der Waals surface area (Å²) in [6.07, 6.45) is 3.54. The first-order chi connectivity index (χ1) is 25.3. The third-order valence-electron chi connectivity index (χ3n) is 8.46. The summed E-state index contributed by atoms with van der Waals surface area (Å²) in [5.41, 5.74) is 11.6. The quantitative estimate of drug-likeness (QED) is 0.167. The van der Waals surface area contributed by atoms with Crippen molar-refractivity contribution in [2.45, 2.75) is 0 Å². The summed E-state index contributed by atoms with van der Waals surface area (Å²) in [6, 6.07) is 49.2. The number of nitrogens with zero attached hydrogens (tertiary/aromatic N) is 9. The van der Waals surface area contributed by atoms with Crippen molar-refractivity contribution in [1.82, 2.24) is 44.9 Å². The lowest BCUT2D eigenvalue weighted by atomic mass is 10.0. The molecule has 0 aliphatic carbocycles. The average Bonchev–Trinajstić information content (AvgIpc) is 3.68. The molecule has 0 bridgehead atoms. The van der Waals surface area contributed by atoms with Gasteiger partial charge in [-0.25, -0.2) is 19.9 Å². The van der Waals surface area contributed by atoms with Gasteiger partial charge in [-0.3, -0.25) is 9.97 Å². The van der Waals surface area contributed by atoms with Crippen LogP contribution in [0.2, 0.25) is 0 Å². The summed E-state index contributed by atoms with van der Waals surface area (Å²) in [4.78, 5) is 30.6. The van der Waals surface area contributed by atoms with E-state index < -0.39 is 0 Å². The molecule has 9 nitrogen and oxygen atoms in total. The Hall–Kier alpha value is -7.26. The molecule has 0 aliphatic heterocycles. The van der Waals surface area contributed by atoms with Gasteiger partial charge in [-0.2, -0.15) is 4.80 Å². The lowest BCUT2D eigenvalue weighted by Gasteiger charge is -2.09. The second kappa shape index (κ2) is 13.0. The van der Waals surface area contributed by atoms with Crippen molar-refractivity contribution >= 4 is 11.0 Å². The van der Waals surface area contributed by atoms with E-state index in [0.29, 0.717) is 11.0 Å². The smallest absolute Gasteiger partial charge is 0.123 e. The SMILES string of the molecule is c1ccc(-n2nc3c(-c4cccc(-c5cccc(-c6ccccn6)n5)n4)ccc(-c4cccc(-c5cccc(-c6ccccn6)n5)n4)c3n2)cc1. The summed E-state index contributed by atoms with van der Waals surface area (Å²) in [7, 11) is 0. The molecule has 0 saturated heterocycles. The van der Waals surface area contributed by atoms with E-state index in [2.05, 4.69) is 9.97 Å². The third-order valence-corrected chi connectivity index (χ3v) is 8.46. The number of pyridine rings is 6. The Bertz CT molecular complexity index is 2480. The summed E-state index contributed by atoms with van der Waals surface area (Å²) in [5.74, 6) is 0. The van der Waals surface area contributed by atoms with Gasteiger partial charge in [0.25, 0.3) is 0 Å². The fourth-order valence-electron chi connectivity index (χ4n) is 6.01. The number of aromatic nitrogens is 9. The van der Waals surface area contributed by atoms with Crippen LogP contribution in [0.4, 0.5) is 0 Å². The van der Waals surface area contributed by atoms with Crippen LogP contribution in [0, 0.1) is 0 Å². The molecule has 0 unspecified atom stereocenters. The molecule has 51 heavy (non-hydrogen) atoms. The Balaban J connectivity index is 1.15. The van der Waals surface area contributed by atoms with Gasteiger partial charge >= 0.3 is 0 Å². The number of benzene rings is 2. The molecule has 0 aliphatic rings. The van der Waals surface area contributed by atoms with Crippen LogP contribution < -0.4 is 0 Å². The van der Waals surface area contributed by atoms with Crippen LogP contribution in [0.15, 0.2) is 164 Å². The van der Waals surface area contributed by atoms with Crippen LogP contribution in [-0.2, 0) is 0 Å². The second-order valence-corrected chi connectivity index (χ2v) is 11.7. The van der Waals surface area contributed by atoms with E-state index in [1.165, 1.54) is 0 Å². The maximum Gasteiger partial charge on any atom is 0.123 e. The molecule has 0 radical (unpaired) electrons. The molecule has 0 fully saturated rings. The van der Waals surface area contributed by atoms with Gasteiger partial charge in [0, 0.05) is 23.5 Å². The Labute approximate surface area is 293 Å². The van der Waals surface area contributed by atoms with Gasteiger partial charge in [-0.1, -0.05) is 54.6 Å². The van der Waals surface area contributed by atoms with Crippen LogP contribution in [0.25, 0.3) is 84.8 Å². The largest absolute Gasteiger partial charge is 0.255 e. The van der Waals surface area contributed by atoms with E-state index in [1.807, 2.05) is 152 Å². The first-order valence-corrected chi connectivity index (χ1v) is 16.4. The molecule has 0 amide bonds. The summed E-state index contributed by atoms with van der Waals surface area (Å²) >= 11 is 0. The van der Waals surface area contributed by atoms with Gasteiger partial charge in [-0.15, -0.1) is 10.2 Å². The van der Waals surface area contributed by atoms with Crippen LogP contribution >= 0.6 is 0 Å². The molecule has 2 aromatic carbocycles. The minimum atomic E-state index is 0.707. The molecule has 9 heteroatoms. The van der Waals surface area contributed by atoms with Crippen molar-refractivity contribution in [3.05, 3.63) is 164 Å². The van der Waals surface area contributed by atoms with E-state index in [1.54, 1.807) is 17.2 Å². The highest BCUT2D eigenvalue weighted by atomic mass is 15.5. The van der Waals surface area contributed by atoms with E-state index in [0.717, 1.165) is 73.8 Å². The monoisotopic (exact) mass is 657 g/mol. The van der Waals surface area contributed by atoms with Crippen molar-refractivity contribution in [2.24, 2.45) is 0 Å². The number of hydrogen-bond donors (Lipinski definition) is 0. The predicted octanol–water partition coefficient (Wildman–Crippen LogP) is 8.79. The van der Waals surface area contributed by atoms with Gasteiger partial charge in [-0.05, 0) is 97.1 Å². The van der Waals surface area contributed by atoms with Crippen molar-refractivity contribution < 1.29 is 0 Å². The molecular weight excluding hydrogens is 631 g/mol. The van der Waals surface area contributed by atoms with Gasteiger partial charge in [0.1, 0.15) is 11.0 Å². The standard InChI is InChI=1S/C42H27N9/c1-2-12-28(13-3-1)51-49-41-29(31-16-8-20-37(45-31)39-22-10-18-35(47-39)33-14-4-6-26-43-33)24-25-30(42(41)50-51)32-17-9-21-38(46-32)40-23-11-19-36(48-40)34-15-5-7-27-44-34/h1-27H. The van der Waals surface area contributed by atoms with Crippen LogP contribution in [0.3, 0.4) is 0 Å². The maximum atomic E-state index is 5.08. The molecule has 0 atom stereocenters. The zero-order valence-electron chi connectivity index (χ0n) is 27.1. The first-order valence-electron chi connectivity index (χ1n) is 16.4. The van der Waals surface area contributed by atoms with Gasteiger partial charge < -0.3 is 0 Å². The molecule has 7 heterocycles. The summed E-state index contributed by atoms with van der Waals surface area (Å²) in [5, 5.41) is 10.0. The molecule has 9 rings (SSSR count). The van der Waals surface area contributed by atoms with Gasteiger partial charge in [0.05, 0.1) is 62.6 Å². The first kappa shape index (κ1) is 29.8. The zero-order valence-corrected chi connectivity index (χ0v) is 27.1. The lowest BCUT2D eigenvalue weighted by Crippen LogP contribution is -1.97. The predicted molar refractivity (Wildman–Crippen MR) is 198 cm³/mol. The highest BCUT2D eigenvalue weighted by molar-refractivity contribution is 5.99. The minimum Gasteiger partial charge on any atom is -0.255 e. The zero-order chi connectivity index (χ0) is 34.0. The normalized spacial score (nSPS) is 11.1. The highest BCUT2D eigenvalue weighted by Crippen LogP contribution is 2.35. The maximum absolute atomic E-state index is 5.08.